The van der Waals surface area contributed by atoms with Gasteiger partial charge < -0.3 is 9.47 Å². The minimum Gasteiger partial charge on any atom is -0.463 e. The molecule has 13 heavy (non-hydrogen) atoms. The summed E-state index contributed by atoms with van der Waals surface area (Å²) in [5.74, 6) is -0.121. The van der Waals surface area contributed by atoms with E-state index in [4.69, 9.17) is 9.47 Å². The molecule has 0 spiro atoms. The number of ether oxygens (including phenoxy) is 2. The van der Waals surface area contributed by atoms with E-state index in [1.807, 2.05) is 13.8 Å². The zero-order valence-electron chi connectivity index (χ0n) is 8.84. The van der Waals surface area contributed by atoms with E-state index in [0.717, 1.165) is 26.1 Å². The molecule has 3 heteroatoms. The standard InChI is InChI=1S/C10H20O3/c1-4-10(11)13-9(3)7-6-8-12-5-2/h9H,4-8H2,1-3H3. The van der Waals surface area contributed by atoms with Gasteiger partial charge in [-0.3, -0.25) is 4.79 Å². The Hall–Kier alpha value is -0.570. The highest BCUT2D eigenvalue weighted by Gasteiger charge is 2.06. The molecule has 0 rings (SSSR count). The molecule has 0 aliphatic heterocycles. The first-order valence-corrected chi connectivity index (χ1v) is 4.97. The molecule has 0 aromatic carbocycles. The van der Waals surface area contributed by atoms with E-state index in [9.17, 15) is 4.79 Å². The maximum absolute atomic E-state index is 10.9. The highest BCUT2D eigenvalue weighted by atomic mass is 16.5. The number of hydrogen-bond donors (Lipinski definition) is 0. The van der Waals surface area contributed by atoms with Crippen molar-refractivity contribution in [2.45, 2.75) is 46.1 Å². The van der Waals surface area contributed by atoms with Gasteiger partial charge in [-0.2, -0.15) is 0 Å². The first kappa shape index (κ1) is 12.4. The van der Waals surface area contributed by atoms with Crippen molar-refractivity contribution in [1.29, 1.82) is 0 Å². The molecule has 0 fully saturated rings. The Kier molecular flexibility index (Phi) is 7.69. The van der Waals surface area contributed by atoms with Gasteiger partial charge in [0.1, 0.15) is 0 Å². The Morgan fingerprint density at radius 3 is 2.62 bits per heavy atom. The van der Waals surface area contributed by atoms with E-state index >= 15 is 0 Å². The van der Waals surface area contributed by atoms with Gasteiger partial charge in [0.25, 0.3) is 0 Å². The second kappa shape index (κ2) is 8.05. The van der Waals surface area contributed by atoms with Crippen LogP contribution in [0, 0.1) is 0 Å². The molecule has 1 atom stereocenters. The Labute approximate surface area is 80.4 Å². The van der Waals surface area contributed by atoms with Crippen LogP contribution in [0.2, 0.25) is 0 Å². The molecule has 0 saturated heterocycles. The average Bonchev–Trinajstić information content (AvgIpc) is 2.12. The highest BCUT2D eigenvalue weighted by molar-refractivity contribution is 5.69. The van der Waals surface area contributed by atoms with Gasteiger partial charge in [-0.25, -0.2) is 0 Å². The van der Waals surface area contributed by atoms with Crippen LogP contribution in [0.3, 0.4) is 0 Å². The molecule has 3 nitrogen and oxygen atoms in total. The minimum atomic E-state index is -0.121. The van der Waals surface area contributed by atoms with Crippen LogP contribution in [0.25, 0.3) is 0 Å². The SMILES string of the molecule is CCOCCCC(C)OC(=O)CC. The molecular weight excluding hydrogens is 168 g/mol. The van der Waals surface area contributed by atoms with Crippen molar-refractivity contribution >= 4 is 5.97 Å². The molecule has 0 bridgehead atoms. The number of carbonyl (C=O) groups is 1. The maximum Gasteiger partial charge on any atom is 0.305 e. The van der Waals surface area contributed by atoms with E-state index in [1.54, 1.807) is 6.92 Å². The molecule has 78 valence electrons. The molecule has 0 aliphatic carbocycles. The van der Waals surface area contributed by atoms with Crippen molar-refractivity contribution in [2.24, 2.45) is 0 Å². The number of rotatable bonds is 7. The van der Waals surface area contributed by atoms with Gasteiger partial charge >= 0.3 is 5.97 Å². The fourth-order valence-electron chi connectivity index (χ4n) is 0.984. The zero-order valence-corrected chi connectivity index (χ0v) is 8.84. The predicted molar refractivity (Wildman–Crippen MR) is 51.6 cm³/mol. The van der Waals surface area contributed by atoms with E-state index in [1.165, 1.54) is 0 Å². The highest BCUT2D eigenvalue weighted by Crippen LogP contribution is 2.03. The molecule has 0 N–H and O–H groups in total. The second-order valence-corrected chi connectivity index (χ2v) is 2.99. The van der Waals surface area contributed by atoms with Crippen LogP contribution in [0.4, 0.5) is 0 Å². The lowest BCUT2D eigenvalue weighted by Gasteiger charge is -2.11. The third-order valence-corrected chi connectivity index (χ3v) is 1.72. The fraction of sp³-hybridized carbons (Fsp3) is 0.900. The van der Waals surface area contributed by atoms with Crippen LogP contribution in [-0.2, 0) is 14.3 Å². The van der Waals surface area contributed by atoms with Gasteiger partial charge in [0.2, 0.25) is 0 Å². The molecule has 0 heterocycles. The van der Waals surface area contributed by atoms with Gasteiger partial charge in [0.05, 0.1) is 6.10 Å². The van der Waals surface area contributed by atoms with E-state index in [2.05, 4.69) is 0 Å². The molecule has 0 aromatic heterocycles. The molecule has 0 amide bonds. The van der Waals surface area contributed by atoms with Crippen molar-refractivity contribution in [3.8, 4) is 0 Å². The van der Waals surface area contributed by atoms with Gasteiger partial charge in [-0.15, -0.1) is 0 Å². The number of hydrogen-bond acceptors (Lipinski definition) is 3. The summed E-state index contributed by atoms with van der Waals surface area (Å²) in [5.41, 5.74) is 0. The van der Waals surface area contributed by atoms with Crippen molar-refractivity contribution in [3.63, 3.8) is 0 Å². The Morgan fingerprint density at radius 2 is 2.08 bits per heavy atom. The van der Waals surface area contributed by atoms with Crippen LogP contribution in [-0.4, -0.2) is 25.3 Å². The van der Waals surface area contributed by atoms with Gasteiger partial charge in [-0.1, -0.05) is 6.92 Å². The van der Waals surface area contributed by atoms with Crippen molar-refractivity contribution < 1.29 is 14.3 Å². The lowest BCUT2D eigenvalue weighted by atomic mass is 10.2. The summed E-state index contributed by atoms with van der Waals surface area (Å²) in [6.45, 7) is 7.20. The summed E-state index contributed by atoms with van der Waals surface area (Å²) in [7, 11) is 0. The minimum absolute atomic E-state index is 0.0212. The summed E-state index contributed by atoms with van der Waals surface area (Å²) < 4.78 is 10.3. The average molecular weight is 188 g/mol. The van der Waals surface area contributed by atoms with Crippen LogP contribution in [0.1, 0.15) is 40.0 Å². The first-order chi connectivity index (χ1) is 6.20. The molecule has 0 aliphatic rings. The predicted octanol–water partition coefficient (Wildman–Crippen LogP) is 2.14. The molecular formula is C10H20O3. The molecule has 1 unspecified atom stereocenters. The normalized spacial score (nSPS) is 12.5. The number of carbonyl (C=O) groups excluding carboxylic acids is 1. The summed E-state index contributed by atoms with van der Waals surface area (Å²) in [4.78, 5) is 10.9. The Bertz CT molecular complexity index is 134. The summed E-state index contributed by atoms with van der Waals surface area (Å²) in [6, 6.07) is 0. The van der Waals surface area contributed by atoms with E-state index in [0.29, 0.717) is 6.42 Å². The van der Waals surface area contributed by atoms with Crippen molar-refractivity contribution in [2.75, 3.05) is 13.2 Å². The third kappa shape index (κ3) is 7.78. The smallest absolute Gasteiger partial charge is 0.305 e. The van der Waals surface area contributed by atoms with Crippen LogP contribution in [0.5, 0.6) is 0 Å². The molecule has 0 saturated carbocycles. The lowest BCUT2D eigenvalue weighted by Crippen LogP contribution is -2.14. The topological polar surface area (TPSA) is 35.5 Å². The van der Waals surface area contributed by atoms with Gasteiger partial charge in [-0.05, 0) is 26.7 Å². The molecule has 0 aromatic rings. The second-order valence-electron chi connectivity index (χ2n) is 2.99. The first-order valence-electron chi connectivity index (χ1n) is 4.97. The van der Waals surface area contributed by atoms with Crippen LogP contribution in [0.15, 0.2) is 0 Å². The molecule has 0 radical (unpaired) electrons. The van der Waals surface area contributed by atoms with Gasteiger partial charge in [0, 0.05) is 19.6 Å². The summed E-state index contributed by atoms with van der Waals surface area (Å²) >= 11 is 0. The van der Waals surface area contributed by atoms with E-state index < -0.39 is 0 Å². The maximum atomic E-state index is 10.9. The summed E-state index contributed by atoms with van der Waals surface area (Å²) in [6.07, 6.45) is 2.31. The zero-order chi connectivity index (χ0) is 10.1. The Morgan fingerprint density at radius 1 is 1.38 bits per heavy atom. The summed E-state index contributed by atoms with van der Waals surface area (Å²) in [5, 5.41) is 0. The van der Waals surface area contributed by atoms with Crippen LogP contribution >= 0.6 is 0 Å². The van der Waals surface area contributed by atoms with E-state index in [-0.39, 0.29) is 12.1 Å². The quantitative estimate of drug-likeness (QED) is 0.453. The number of esters is 1. The Balaban J connectivity index is 3.29. The van der Waals surface area contributed by atoms with Crippen LogP contribution < -0.4 is 0 Å². The van der Waals surface area contributed by atoms with Crippen molar-refractivity contribution in [3.05, 3.63) is 0 Å². The lowest BCUT2D eigenvalue weighted by molar-refractivity contribution is -0.148. The fourth-order valence-corrected chi connectivity index (χ4v) is 0.984. The van der Waals surface area contributed by atoms with Gasteiger partial charge in [0.15, 0.2) is 0 Å². The largest absolute Gasteiger partial charge is 0.463 e. The third-order valence-electron chi connectivity index (χ3n) is 1.72. The monoisotopic (exact) mass is 188 g/mol. The van der Waals surface area contributed by atoms with Crippen molar-refractivity contribution in [1.82, 2.24) is 0 Å².